The maximum atomic E-state index is 5.38. The molecule has 2 heterocycles. The summed E-state index contributed by atoms with van der Waals surface area (Å²) >= 11 is 0. The molecule has 0 atom stereocenters. The molecule has 1 aliphatic rings. The zero-order valence-electron chi connectivity index (χ0n) is 14.1. The quantitative estimate of drug-likeness (QED) is 0.429. The predicted molar refractivity (Wildman–Crippen MR) is 93.5 cm³/mol. The molecular weight excluding hydrogens is 290 g/mol. The highest BCUT2D eigenvalue weighted by atomic mass is 16.5. The van der Waals surface area contributed by atoms with Gasteiger partial charge in [-0.2, -0.15) is 0 Å². The van der Waals surface area contributed by atoms with E-state index >= 15 is 0 Å². The van der Waals surface area contributed by atoms with Crippen LogP contribution in [0.4, 0.5) is 0 Å². The van der Waals surface area contributed by atoms with Crippen LogP contribution in [0, 0.1) is 0 Å². The number of unbranched alkanes of at least 4 members (excludes halogenated alkanes) is 1. The Morgan fingerprint density at radius 2 is 2.13 bits per heavy atom. The number of hydrogen-bond acceptors (Lipinski definition) is 4. The fraction of sp³-hybridized carbons (Fsp3) is 0.647. The topological polar surface area (TPSA) is 61.8 Å². The highest BCUT2D eigenvalue weighted by Crippen LogP contribution is 1.98. The maximum Gasteiger partial charge on any atom is 0.191 e. The second kappa shape index (κ2) is 11.0. The lowest BCUT2D eigenvalue weighted by molar-refractivity contribution is 0.0389. The number of morpholine rings is 1. The molecule has 2 N–H and O–H groups in total. The Balaban J connectivity index is 1.77. The zero-order valence-corrected chi connectivity index (χ0v) is 14.1. The Morgan fingerprint density at radius 1 is 1.30 bits per heavy atom. The van der Waals surface area contributed by atoms with Gasteiger partial charge >= 0.3 is 0 Å². The monoisotopic (exact) mass is 319 g/mol. The summed E-state index contributed by atoms with van der Waals surface area (Å²) in [5, 5.41) is 6.84. The summed E-state index contributed by atoms with van der Waals surface area (Å²) in [6.07, 6.45) is 5.98. The van der Waals surface area contributed by atoms with Crippen molar-refractivity contribution in [3.8, 4) is 0 Å². The van der Waals surface area contributed by atoms with Gasteiger partial charge in [-0.15, -0.1) is 0 Å². The van der Waals surface area contributed by atoms with Gasteiger partial charge in [-0.25, -0.2) is 4.99 Å². The van der Waals surface area contributed by atoms with Crippen LogP contribution in [-0.4, -0.2) is 61.8 Å². The van der Waals surface area contributed by atoms with E-state index in [4.69, 9.17) is 4.74 Å². The number of ether oxygens (including phenoxy) is 1. The molecule has 1 saturated heterocycles. The minimum absolute atomic E-state index is 0.646. The first-order chi connectivity index (χ1) is 11.4. The third kappa shape index (κ3) is 7.43. The van der Waals surface area contributed by atoms with Crippen molar-refractivity contribution < 1.29 is 4.74 Å². The molecule has 0 unspecified atom stereocenters. The lowest BCUT2D eigenvalue weighted by Gasteiger charge is -2.26. The van der Waals surface area contributed by atoms with Crippen molar-refractivity contribution in [1.82, 2.24) is 20.5 Å². The van der Waals surface area contributed by atoms with Gasteiger partial charge in [-0.1, -0.05) is 19.4 Å². The summed E-state index contributed by atoms with van der Waals surface area (Å²) in [5.41, 5.74) is 1.12. The van der Waals surface area contributed by atoms with Crippen LogP contribution in [-0.2, 0) is 11.3 Å². The van der Waals surface area contributed by atoms with Crippen molar-refractivity contribution >= 4 is 5.96 Å². The van der Waals surface area contributed by atoms with E-state index in [9.17, 15) is 0 Å². The van der Waals surface area contributed by atoms with Crippen LogP contribution in [0.1, 0.15) is 25.3 Å². The minimum atomic E-state index is 0.646. The molecule has 0 spiro atoms. The van der Waals surface area contributed by atoms with Crippen LogP contribution >= 0.6 is 0 Å². The van der Waals surface area contributed by atoms with E-state index in [1.54, 1.807) is 6.20 Å². The number of aromatic nitrogens is 1. The highest BCUT2D eigenvalue weighted by Gasteiger charge is 2.09. The van der Waals surface area contributed by atoms with Gasteiger partial charge in [0, 0.05) is 45.1 Å². The van der Waals surface area contributed by atoms with Crippen LogP contribution in [0.2, 0.25) is 0 Å². The number of rotatable bonds is 8. The Hall–Kier alpha value is -1.66. The van der Waals surface area contributed by atoms with E-state index in [2.05, 4.69) is 32.4 Å². The number of aliphatic imine (C=N–C) groups is 1. The van der Waals surface area contributed by atoms with Crippen LogP contribution in [0.3, 0.4) is 0 Å². The number of nitrogens with zero attached hydrogens (tertiary/aromatic N) is 3. The fourth-order valence-electron chi connectivity index (χ4n) is 2.38. The Morgan fingerprint density at radius 3 is 2.87 bits per heavy atom. The van der Waals surface area contributed by atoms with Crippen molar-refractivity contribution in [2.45, 2.75) is 26.3 Å². The van der Waals surface area contributed by atoms with E-state index in [0.717, 1.165) is 63.9 Å². The Bertz CT molecular complexity index is 446. The van der Waals surface area contributed by atoms with Gasteiger partial charge in [0.1, 0.15) is 0 Å². The van der Waals surface area contributed by atoms with Gasteiger partial charge in [0.2, 0.25) is 0 Å². The van der Waals surface area contributed by atoms with Gasteiger partial charge in [-0.3, -0.25) is 9.88 Å². The van der Waals surface area contributed by atoms with Gasteiger partial charge in [0.15, 0.2) is 5.96 Å². The van der Waals surface area contributed by atoms with Crippen molar-refractivity contribution in [3.05, 3.63) is 30.1 Å². The molecule has 0 aromatic carbocycles. The summed E-state index contributed by atoms with van der Waals surface area (Å²) in [7, 11) is 0. The van der Waals surface area contributed by atoms with E-state index in [-0.39, 0.29) is 0 Å². The maximum absolute atomic E-state index is 5.38. The van der Waals surface area contributed by atoms with E-state index < -0.39 is 0 Å². The fourth-order valence-corrected chi connectivity index (χ4v) is 2.38. The summed E-state index contributed by atoms with van der Waals surface area (Å²) < 4.78 is 5.38. The van der Waals surface area contributed by atoms with Crippen LogP contribution < -0.4 is 10.6 Å². The lowest BCUT2D eigenvalue weighted by Crippen LogP contribution is -2.44. The van der Waals surface area contributed by atoms with Gasteiger partial charge in [0.05, 0.1) is 19.8 Å². The molecule has 1 aromatic rings. The molecule has 2 rings (SSSR count). The zero-order chi connectivity index (χ0) is 16.2. The van der Waals surface area contributed by atoms with E-state index in [1.165, 1.54) is 6.42 Å². The summed E-state index contributed by atoms with van der Waals surface area (Å²) in [4.78, 5) is 11.2. The number of guanidine groups is 1. The van der Waals surface area contributed by atoms with Crippen LogP contribution in [0.25, 0.3) is 0 Å². The predicted octanol–water partition coefficient (Wildman–Crippen LogP) is 1.25. The van der Waals surface area contributed by atoms with E-state index in [0.29, 0.717) is 6.54 Å². The molecule has 0 saturated carbocycles. The van der Waals surface area contributed by atoms with Crippen molar-refractivity contribution in [2.24, 2.45) is 4.99 Å². The van der Waals surface area contributed by atoms with Crippen LogP contribution in [0.15, 0.2) is 29.5 Å². The van der Waals surface area contributed by atoms with Crippen molar-refractivity contribution in [3.63, 3.8) is 0 Å². The number of nitrogens with one attached hydrogen (secondary N) is 2. The molecular formula is C17H29N5O. The molecule has 0 bridgehead atoms. The van der Waals surface area contributed by atoms with Crippen molar-refractivity contribution in [2.75, 3.05) is 45.9 Å². The van der Waals surface area contributed by atoms with Gasteiger partial charge in [-0.05, 0) is 18.1 Å². The third-order valence-electron chi connectivity index (χ3n) is 3.79. The first-order valence-corrected chi connectivity index (χ1v) is 8.59. The molecule has 0 radical (unpaired) electrons. The molecule has 23 heavy (non-hydrogen) atoms. The first kappa shape index (κ1) is 17.7. The third-order valence-corrected chi connectivity index (χ3v) is 3.79. The molecule has 6 heteroatoms. The van der Waals surface area contributed by atoms with Crippen LogP contribution in [0.5, 0.6) is 0 Å². The molecule has 0 aliphatic carbocycles. The molecule has 1 aromatic heterocycles. The second-order valence-electron chi connectivity index (χ2n) is 5.69. The SMILES string of the molecule is CCCCNC(=NCc1cccnc1)NCCN1CCOCC1. The normalized spacial score (nSPS) is 16.3. The summed E-state index contributed by atoms with van der Waals surface area (Å²) in [6, 6.07) is 3.99. The smallest absolute Gasteiger partial charge is 0.191 e. The highest BCUT2D eigenvalue weighted by molar-refractivity contribution is 5.79. The van der Waals surface area contributed by atoms with Gasteiger partial charge in [0.25, 0.3) is 0 Å². The molecule has 128 valence electrons. The first-order valence-electron chi connectivity index (χ1n) is 8.59. The lowest BCUT2D eigenvalue weighted by atomic mass is 10.3. The average molecular weight is 319 g/mol. The molecule has 6 nitrogen and oxygen atoms in total. The number of pyridine rings is 1. The van der Waals surface area contributed by atoms with Gasteiger partial charge < -0.3 is 15.4 Å². The van der Waals surface area contributed by atoms with Crippen molar-refractivity contribution in [1.29, 1.82) is 0 Å². The van der Waals surface area contributed by atoms with E-state index in [1.807, 2.05) is 18.3 Å². The number of hydrogen-bond donors (Lipinski definition) is 2. The second-order valence-corrected chi connectivity index (χ2v) is 5.69. The minimum Gasteiger partial charge on any atom is -0.379 e. The standard InChI is InChI=1S/C17H29N5O/c1-2-3-7-19-17(21-15-16-5-4-6-18-14-16)20-8-9-22-10-12-23-13-11-22/h4-6,14H,2-3,7-13,15H2,1H3,(H2,19,20,21). The molecule has 1 fully saturated rings. The summed E-state index contributed by atoms with van der Waals surface area (Å²) in [6.45, 7) is 9.43. The molecule has 0 amide bonds. The Kier molecular flexibility index (Phi) is 8.43. The largest absolute Gasteiger partial charge is 0.379 e. The average Bonchev–Trinajstić information content (AvgIpc) is 2.61. The molecule has 1 aliphatic heterocycles. The summed E-state index contributed by atoms with van der Waals surface area (Å²) in [5.74, 6) is 0.885. The Labute approximate surface area is 139 Å².